The Morgan fingerprint density at radius 2 is 1.95 bits per heavy atom. The number of rotatable bonds is 4. The molecule has 1 fully saturated rings. The van der Waals surface area contributed by atoms with E-state index in [0.29, 0.717) is 0 Å². The minimum absolute atomic E-state index is 0.718. The highest BCUT2D eigenvalue weighted by molar-refractivity contribution is 5.49. The van der Waals surface area contributed by atoms with Gasteiger partial charge in [0.05, 0.1) is 0 Å². The number of aromatic nitrogens is 1. The average Bonchev–Trinajstić information content (AvgIpc) is 2.53. The second-order valence-corrected chi connectivity index (χ2v) is 6.44. The molecule has 3 heteroatoms. The molecule has 1 aromatic heterocycles. The van der Waals surface area contributed by atoms with Crippen molar-refractivity contribution in [3.8, 4) is 0 Å². The molecular weight excluding hydrogens is 270 g/mol. The van der Waals surface area contributed by atoms with E-state index in [1.807, 2.05) is 6.20 Å². The molecule has 114 valence electrons. The van der Waals surface area contributed by atoms with Crippen LogP contribution < -0.4 is 10.2 Å². The minimum Gasteiger partial charge on any atom is -0.352 e. The van der Waals surface area contributed by atoms with Gasteiger partial charge < -0.3 is 10.2 Å². The molecule has 1 aliphatic carbocycles. The van der Waals surface area contributed by atoms with Crippen LogP contribution in [0.15, 0.2) is 42.6 Å². The van der Waals surface area contributed by atoms with Crippen molar-refractivity contribution in [1.82, 2.24) is 10.3 Å². The lowest BCUT2D eigenvalue weighted by Crippen LogP contribution is -2.36. The zero-order valence-corrected chi connectivity index (χ0v) is 13.0. The molecule has 1 aliphatic heterocycles. The third kappa shape index (κ3) is 2.73. The molecule has 1 N–H and O–H groups in total. The van der Waals surface area contributed by atoms with Crippen LogP contribution in [-0.4, -0.2) is 17.6 Å². The van der Waals surface area contributed by atoms with Crippen molar-refractivity contribution < 1.29 is 0 Å². The van der Waals surface area contributed by atoms with Crippen molar-refractivity contribution >= 4 is 5.82 Å². The Morgan fingerprint density at radius 3 is 2.77 bits per heavy atom. The summed E-state index contributed by atoms with van der Waals surface area (Å²) in [6, 6.07) is 13.8. The Hall–Kier alpha value is -1.87. The number of hydrogen-bond donors (Lipinski definition) is 1. The first-order valence-electron chi connectivity index (χ1n) is 8.39. The summed E-state index contributed by atoms with van der Waals surface area (Å²) < 4.78 is 0. The highest BCUT2D eigenvalue weighted by Gasteiger charge is 2.21. The zero-order chi connectivity index (χ0) is 14.8. The Kier molecular flexibility index (Phi) is 3.81. The Morgan fingerprint density at radius 1 is 1.09 bits per heavy atom. The van der Waals surface area contributed by atoms with Gasteiger partial charge in [0.2, 0.25) is 0 Å². The van der Waals surface area contributed by atoms with Gasteiger partial charge in [0.25, 0.3) is 0 Å². The number of pyridine rings is 1. The van der Waals surface area contributed by atoms with Crippen LogP contribution in [0.3, 0.4) is 0 Å². The van der Waals surface area contributed by atoms with Crippen LogP contribution in [0.4, 0.5) is 5.82 Å². The van der Waals surface area contributed by atoms with E-state index in [0.717, 1.165) is 37.9 Å². The molecule has 0 unspecified atom stereocenters. The van der Waals surface area contributed by atoms with Gasteiger partial charge in [0.15, 0.2) is 0 Å². The summed E-state index contributed by atoms with van der Waals surface area (Å²) in [6.45, 7) is 2.97. The van der Waals surface area contributed by atoms with E-state index < -0.39 is 0 Å². The smallest absolute Gasteiger partial charge is 0.133 e. The molecule has 1 saturated carbocycles. The standard InChI is InChI=1S/C19H23N3/c1-2-6-17-14-22(12-10-15(17)5-1)19-16(7-4-11-20-19)13-21-18-8-3-9-18/h1-2,4-7,11,18,21H,3,8-10,12-14H2. The first-order chi connectivity index (χ1) is 10.9. The number of hydrogen-bond acceptors (Lipinski definition) is 3. The van der Waals surface area contributed by atoms with E-state index in [9.17, 15) is 0 Å². The maximum absolute atomic E-state index is 4.68. The number of fused-ring (bicyclic) bond motifs is 1. The second-order valence-electron chi connectivity index (χ2n) is 6.44. The molecule has 0 saturated heterocycles. The highest BCUT2D eigenvalue weighted by atomic mass is 15.2. The summed E-state index contributed by atoms with van der Waals surface area (Å²) in [5, 5.41) is 3.67. The van der Waals surface area contributed by atoms with Gasteiger partial charge in [-0.3, -0.25) is 0 Å². The largest absolute Gasteiger partial charge is 0.352 e. The summed E-state index contributed by atoms with van der Waals surface area (Å²) >= 11 is 0. The van der Waals surface area contributed by atoms with Gasteiger partial charge in [-0.25, -0.2) is 4.98 Å². The number of nitrogens with one attached hydrogen (secondary N) is 1. The molecule has 0 amide bonds. The first kappa shape index (κ1) is 13.8. The normalized spacial score (nSPS) is 17.9. The lowest BCUT2D eigenvalue weighted by atomic mass is 9.93. The maximum atomic E-state index is 4.68. The molecule has 3 nitrogen and oxygen atoms in total. The molecular formula is C19H23N3. The van der Waals surface area contributed by atoms with Crippen LogP contribution in [0.1, 0.15) is 36.0 Å². The SMILES string of the molecule is c1ccc2c(c1)CCN(c1ncccc1CNC1CCC1)C2. The highest BCUT2D eigenvalue weighted by Crippen LogP contribution is 2.26. The van der Waals surface area contributed by atoms with Gasteiger partial charge in [0, 0.05) is 37.4 Å². The summed E-state index contributed by atoms with van der Waals surface area (Å²) in [6.07, 6.45) is 7.06. The van der Waals surface area contributed by atoms with Crippen molar-refractivity contribution in [3.63, 3.8) is 0 Å². The third-order valence-corrected chi connectivity index (χ3v) is 4.98. The molecule has 0 radical (unpaired) electrons. The van der Waals surface area contributed by atoms with Crippen LogP contribution >= 0.6 is 0 Å². The summed E-state index contributed by atoms with van der Waals surface area (Å²) in [5.74, 6) is 1.16. The Labute approximate surface area is 132 Å². The first-order valence-corrected chi connectivity index (χ1v) is 8.39. The summed E-state index contributed by atoms with van der Waals surface area (Å²) in [7, 11) is 0. The fourth-order valence-electron chi connectivity index (χ4n) is 3.40. The van der Waals surface area contributed by atoms with Crippen LogP contribution in [0, 0.1) is 0 Å². The van der Waals surface area contributed by atoms with E-state index in [2.05, 4.69) is 51.6 Å². The molecule has 0 spiro atoms. The predicted octanol–water partition coefficient (Wildman–Crippen LogP) is 3.29. The van der Waals surface area contributed by atoms with E-state index >= 15 is 0 Å². The maximum Gasteiger partial charge on any atom is 0.133 e. The van der Waals surface area contributed by atoms with Gasteiger partial charge in [0.1, 0.15) is 5.82 Å². The van der Waals surface area contributed by atoms with Gasteiger partial charge in [-0.2, -0.15) is 0 Å². The van der Waals surface area contributed by atoms with Crippen LogP contribution in [-0.2, 0) is 19.5 Å². The van der Waals surface area contributed by atoms with Crippen molar-refractivity contribution in [3.05, 3.63) is 59.3 Å². The zero-order valence-electron chi connectivity index (χ0n) is 13.0. The van der Waals surface area contributed by atoms with Crippen LogP contribution in [0.5, 0.6) is 0 Å². The van der Waals surface area contributed by atoms with Crippen molar-refractivity contribution in [2.75, 3.05) is 11.4 Å². The average molecular weight is 293 g/mol. The molecule has 1 aromatic carbocycles. The lowest BCUT2D eigenvalue weighted by Gasteiger charge is -2.32. The van der Waals surface area contributed by atoms with E-state index in [1.54, 1.807) is 0 Å². The summed E-state index contributed by atoms with van der Waals surface area (Å²) in [5.41, 5.74) is 4.26. The van der Waals surface area contributed by atoms with Gasteiger partial charge in [-0.1, -0.05) is 36.8 Å². The van der Waals surface area contributed by atoms with Gasteiger partial charge in [-0.15, -0.1) is 0 Å². The van der Waals surface area contributed by atoms with Crippen molar-refractivity contribution in [2.45, 2.75) is 44.8 Å². The molecule has 4 rings (SSSR count). The molecule has 2 heterocycles. The second kappa shape index (κ2) is 6.09. The minimum atomic E-state index is 0.718. The molecule has 2 aliphatic rings. The van der Waals surface area contributed by atoms with Crippen LogP contribution in [0.2, 0.25) is 0 Å². The van der Waals surface area contributed by atoms with Crippen molar-refractivity contribution in [2.24, 2.45) is 0 Å². The fraction of sp³-hybridized carbons (Fsp3) is 0.421. The quantitative estimate of drug-likeness (QED) is 0.937. The fourth-order valence-corrected chi connectivity index (χ4v) is 3.40. The monoisotopic (exact) mass is 293 g/mol. The number of anilines is 1. The van der Waals surface area contributed by atoms with Gasteiger partial charge >= 0.3 is 0 Å². The number of benzene rings is 1. The molecule has 22 heavy (non-hydrogen) atoms. The Bertz CT molecular complexity index is 649. The topological polar surface area (TPSA) is 28.2 Å². The molecule has 2 aromatic rings. The molecule has 0 atom stereocenters. The summed E-state index contributed by atoms with van der Waals surface area (Å²) in [4.78, 5) is 7.11. The van der Waals surface area contributed by atoms with E-state index in [1.165, 1.54) is 36.0 Å². The van der Waals surface area contributed by atoms with Gasteiger partial charge in [-0.05, 0) is 36.5 Å². The molecule has 0 bridgehead atoms. The van der Waals surface area contributed by atoms with E-state index in [-0.39, 0.29) is 0 Å². The Balaban J connectivity index is 1.52. The van der Waals surface area contributed by atoms with Crippen LogP contribution in [0.25, 0.3) is 0 Å². The van der Waals surface area contributed by atoms with Crippen molar-refractivity contribution in [1.29, 1.82) is 0 Å². The third-order valence-electron chi connectivity index (χ3n) is 4.98. The number of nitrogens with zero attached hydrogens (tertiary/aromatic N) is 2. The predicted molar refractivity (Wildman–Crippen MR) is 89.9 cm³/mol. The lowest BCUT2D eigenvalue weighted by molar-refractivity contribution is 0.338. The van der Waals surface area contributed by atoms with E-state index in [4.69, 9.17) is 0 Å².